The van der Waals surface area contributed by atoms with E-state index in [0.29, 0.717) is 6.42 Å². The van der Waals surface area contributed by atoms with Gasteiger partial charge in [0.2, 0.25) is 0 Å². The SMILES string of the molecule is C=Cc1ccccc1C(=C)n1c(Cc2ccccc2)nnc1-c1ccccc1. The van der Waals surface area contributed by atoms with E-state index in [-0.39, 0.29) is 0 Å². The molecule has 3 nitrogen and oxygen atoms in total. The summed E-state index contributed by atoms with van der Waals surface area (Å²) >= 11 is 0. The second-order valence-electron chi connectivity index (χ2n) is 6.54. The molecule has 0 atom stereocenters. The van der Waals surface area contributed by atoms with Crippen LogP contribution in [0.5, 0.6) is 0 Å². The molecule has 4 aromatic rings. The smallest absolute Gasteiger partial charge is 0.168 e. The molecular formula is C25H21N3. The first-order chi connectivity index (χ1) is 13.8. The van der Waals surface area contributed by atoms with Crippen LogP contribution in [0, 0.1) is 0 Å². The van der Waals surface area contributed by atoms with E-state index >= 15 is 0 Å². The number of hydrogen-bond donors (Lipinski definition) is 0. The van der Waals surface area contributed by atoms with Crippen LogP contribution in [-0.4, -0.2) is 14.8 Å². The molecule has 0 bridgehead atoms. The van der Waals surface area contributed by atoms with Crippen LogP contribution in [-0.2, 0) is 6.42 Å². The summed E-state index contributed by atoms with van der Waals surface area (Å²) in [6, 6.07) is 28.5. The Kier molecular flexibility index (Phi) is 4.98. The molecule has 0 amide bonds. The molecule has 1 aromatic heterocycles. The number of hydrogen-bond acceptors (Lipinski definition) is 2. The fourth-order valence-corrected chi connectivity index (χ4v) is 3.33. The summed E-state index contributed by atoms with van der Waals surface area (Å²) < 4.78 is 2.06. The van der Waals surface area contributed by atoms with E-state index in [2.05, 4.69) is 46.1 Å². The average Bonchev–Trinajstić information content (AvgIpc) is 3.18. The number of rotatable bonds is 6. The number of benzene rings is 3. The Labute approximate surface area is 165 Å². The molecule has 28 heavy (non-hydrogen) atoms. The lowest BCUT2D eigenvalue weighted by Crippen LogP contribution is -2.07. The zero-order valence-corrected chi connectivity index (χ0v) is 15.6. The maximum atomic E-state index is 4.52. The first kappa shape index (κ1) is 17.7. The predicted octanol–water partition coefficient (Wildman–Crippen LogP) is 5.70. The van der Waals surface area contributed by atoms with E-state index in [0.717, 1.165) is 34.0 Å². The maximum absolute atomic E-state index is 4.52. The van der Waals surface area contributed by atoms with Gasteiger partial charge in [-0.15, -0.1) is 10.2 Å². The predicted molar refractivity (Wildman–Crippen MR) is 116 cm³/mol. The molecule has 0 saturated heterocycles. The van der Waals surface area contributed by atoms with Gasteiger partial charge in [0.25, 0.3) is 0 Å². The van der Waals surface area contributed by atoms with Gasteiger partial charge >= 0.3 is 0 Å². The summed E-state index contributed by atoms with van der Waals surface area (Å²) in [5, 5.41) is 9.03. The third-order valence-electron chi connectivity index (χ3n) is 4.73. The monoisotopic (exact) mass is 363 g/mol. The highest BCUT2D eigenvalue weighted by Crippen LogP contribution is 2.28. The summed E-state index contributed by atoms with van der Waals surface area (Å²) in [7, 11) is 0. The second kappa shape index (κ2) is 7.89. The van der Waals surface area contributed by atoms with Crippen LogP contribution >= 0.6 is 0 Å². The first-order valence-electron chi connectivity index (χ1n) is 9.22. The Hall–Kier alpha value is -3.72. The quantitative estimate of drug-likeness (QED) is 0.440. The van der Waals surface area contributed by atoms with Crippen LogP contribution in [0.15, 0.2) is 98.1 Å². The van der Waals surface area contributed by atoms with Gasteiger partial charge in [-0.1, -0.05) is 104 Å². The van der Waals surface area contributed by atoms with Gasteiger partial charge < -0.3 is 0 Å². The molecule has 0 aliphatic rings. The number of aromatic nitrogens is 3. The normalized spacial score (nSPS) is 10.6. The molecule has 0 radical (unpaired) electrons. The van der Waals surface area contributed by atoms with Crippen molar-refractivity contribution in [3.8, 4) is 11.4 Å². The van der Waals surface area contributed by atoms with Gasteiger partial charge in [0, 0.05) is 23.2 Å². The van der Waals surface area contributed by atoms with Crippen LogP contribution in [0.2, 0.25) is 0 Å². The van der Waals surface area contributed by atoms with Gasteiger partial charge in [-0.05, 0) is 11.1 Å². The Morgan fingerprint density at radius 2 is 1.46 bits per heavy atom. The van der Waals surface area contributed by atoms with Crippen LogP contribution < -0.4 is 0 Å². The molecule has 4 rings (SSSR count). The van der Waals surface area contributed by atoms with E-state index in [1.54, 1.807) is 0 Å². The highest BCUT2D eigenvalue weighted by molar-refractivity contribution is 5.76. The lowest BCUT2D eigenvalue weighted by molar-refractivity contribution is 0.921. The first-order valence-corrected chi connectivity index (χ1v) is 9.22. The van der Waals surface area contributed by atoms with Crippen molar-refractivity contribution in [1.29, 1.82) is 0 Å². The van der Waals surface area contributed by atoms with Crippen molar-refractivity contribution in [2.24, 2.45) is 0 Å². The molecule has 0 unspecified atom stereocenters. The second-order valence-corrected chi connectivity index (χ2v) is 6.54. The van der Waals surface area contributed by atoms with Crippen LogP contribution in [0.4, 0.5) is 0 Å². The topological polar surface area (TPSA) is 30.7 Å². The molecule has 136 valence electrons. The van der Waals surface area contributed by atoms with Crippen molar-refractivity contribution >= 4 is 11.8 Å². The molecule has 1 heterocycles. The van der Waals surface area contributed by atoms with Crippen molar-refractivity contribution in [3.05, 3.63) is 121 Å². The minimum absolute atomic E-state index is 0.677. The molecule has 0 spiro atoms. The third kappa shape index (κ3) is 3.42. The number of nitrogens with zero attached hydrogens (tertiary/aromatic N) is 3. The minimum atomic E-state index is 0.677. The third-order valence-corrected chi connectivity index (χ3v) is 4.73. The van der Waals surface area contributed by atoms with Crippen LogP contribution in [0.3, 0.4) is 0 Å². The van der Waals surface area contributed by atoms with E-state index in [9.17, 15) is 0 Å². The van der Waals surface area contributed by atoms with Gasteiger partial charge in [-0.3, -0.25) is 4.57 Å². The van der Waals surface area contributed by atoms with Gasteiger partial charge in [0.05, 0.1) is 0 Å². The highest BCUT2D eigenvalue weighted by Gasteiger charge is 2.18. The Balaban J connectivity index is 1.86. The lowest BCUT2D eigenvalue weighted by Gasteiger charge is -2.15. The van der Waals surface area contributed by atoms with Gasteiger partial charge in [0.15, 0.2) is 5.82 Å². The molecule has 0 N–H and O–H groups in total. The molecular weight excluding hydrogens is 342 g/mol. The van der Waals surface area contributed by atoms with Crippen molar-refractivity contribution in [1.82, 2.24) is 14.8 Å². The van der Waals surface area contributed by atoms with Gasteiger partial charge in [0.1, 0.15) is 5.82 Å². The van der Waals surface area contributed by atoms with E-state index in [1.165, 1.54) is 5.56 Å². The molecule has 0 saturated carbocycles. The van der Waals surface area contributed by atoms with E-state index in [1.807, 2.05) is 72.8 Å². The van der Waals surface area contributed by atoms with Crippen molar-refractivity contribution < 1.29 is 0 Å². The fourth-order valence-electron chi connectivity index (χ4n) is 3.33. The van der Waals surface area contributed by atoms with Gasteiger partial charge in [-0.25, -0.2) is 0 Å². The standard InChI is InChI=1S/C25H21N3/c1-3-21-14-10-11-17-23(21)19(2)28-24(18-20-12-6-4-7-13-20)26-27-25(28)22-15-8-5-9-16-22/h3-17H,1-2,18H2. The van der Waals surface area contributed by atoms with Crippen LogP contribution in [0.25, 0.3) is 23.2 Å². The molecule has 0 fully saturated rings. The highest BCUT2D eigenvalue weighted by atomic mass is 15.3. The Morgan fingerprint density at radius 1 is 0.821 bits per heavy atom. The van der Waals surface area contributed by atoms with Crippen LogP contribution in [0.1, 0.15) is 22.5 Å². The van der Waals surface area contributed by atoms with Crippen molar-refractivity contribution in [3.63, 3.8) is 0 Å². The van der Waals surface area contributed by atoms with E-state index in [4.69, 9.17) is 0 Å². The van der Waals surface area contributed by atoms with Gasteiger partial charge in [-0.2, -0.15) is 0 Å². The fraction of sp³-hybridized carbons (Fsp3) is 0.0400. The lowest BCUT2D eigenvalue weighted by atomic mass is 10.0. The zero-order chi connectivity index (χ0) is 19.3. The Morgan fingerprint density at radius 3 is 2.18 bits per heavy atom. The molecule has 3 aromatic carbocycles. The van der Waals surface area contributed by atoms with Crippen molar-refractivity contribution in [2.45, 2.75) is 6.42 Å². The molecule has 0 aliphatic heterocycles. The minimum Gasteiger partial charge on any atom is -0.279 e. The largest absolute Gasteiger partial charge is 0.279 e. The average molecular weight is 363 g/mol. The molecule has 0 aliphatic carbocycles. The van der Waals surface area contributed by atoms with E-state index < -0.39 is 0 Å². The summed E-state index contributed by atoms with van der Waals surface area (Å²) in [4.78, 5) is 0. The summed E-state index contributed by atoms with van der Waals surface area (Å²) in [6.07, 6.45) is 2.53. The summed E-state index contributed by atoms with van der Waals surface area (Å²) in [6.45, 7) is 8.34. The summed E-state index contributed by atoms with van der Waals surface area (Å²) in [5.41, 5.74) is 5.08. The zero-order valence-electron chi connectivity index (χ0n) is 15.6. The summed E-state index contributed by atoms with van der Waals surface area (Å²) in [5.74, 6) is 1.64. The molecule has 3 heteroatoms. The maximum Gasteiger partial charge on any atom is 0.168 e. The Bertz CT molecular complexity index is 1110. The van der Waals surface area contributed by atoms with Crippen molar-refractivity contribution in [2.75, 3.05) is 0 Å².